The molecule has 0 fully saturated rings. The van der Waals surface area contributed by atoms with Gasteiger partial charge >= 0.3 is 0 Å². The van der Waals surface area contributed by atoms with Gasteiger partial charge in [0.15, 0.2) is 0 Å². The van der Waals surface area contributed by atoms with Gasteiger partial charge in [-0.1, -0.05) is 26.0 Å². The third-order valence-corrected chi connectivity index (χ3v) is 2.93. The molecular formula is C14H21FO2. The van der Waals surface area contributed by atoms with Gasteiger partial charge in [0.2, 0.25) is 0 Å². The first-order valence-electron chi connectivity index (χ1n) is 5.74. The summed E-state index contributed by atoms with van der Waals surface area (Å²) >= 11 is 0. The average Bonchev–Trinajstić information content (AvgIpc) is 2.50. The highest BCUT2D eigenvalue weighted by atomic mass is 19.1. The lowest BCUT2D eigenvalue weighted by Gasteiger charge is -2.28. The van der Waals surface area contributed by atoms with Gasteiger partial charge in [0, 0.05) is 18.1 Å². The molecule has 2 nitrogen and oxygen atoms in total. The van der Waals surface area contributed by atoms with Crippen LogP contribution in [-0.4, -0.2) is 27.5 Å². The van der Waals surface area contributed by atoms with Gasteiger partial charge in [-0.15, -0.1) is 0 Å². The highest BCUT2D eigenvalue weighted by Crippen LogP contribution is 2.34. The molecule has 0 radical (unpaired) electrons. The molecule has 0 amide bonds. The number of hydrogen-bond donors (Lipinski definition) is 0. The van der Waals surface area contributed by atoms with Crippen LogP contribution in [0.15, 0.2) is 35.1 Å². The molecule has 0 bridgehead atoms. The molecule has 0 spiro atoms. The van der Waals surface area contributed by atoms with Crippen LogP contribution in [0.2, 0.25) is 0 Å². The van der Waals surface area contributed by atoms with Crippen LogP contribution >= 0.6 is 0 Å². The van der Waals surface area contributed by atoms with Crippen molar-refractivity contribution in [3.8, 4) is 0 Å². The number of halogens is 1. The minimum absolute atomic E-state index is 0.154. The zero-order valence-electron chi connectivity index (χ0n) is 11.0. The van der Waals surface area contributed by atoms with Gasteiger partial charge in [-0.05, 0) is 18.1 Å². The van der Waals surface area contributed by atoms with Gasteiger partial charge in [-0.25, -0.2) is 4.39 Å². The SMILES string of the molecule is COCC(C)(C)C1=CC=C(CF)CC=C1OC. The van der Waals surface area contributed by atoms with Crippen LogP contribution in [0.25, 0.3) is 0 Å². The molecule has 1 aliphatic rings. The molecule has 0 aromatic carbocycles. The summed E-state index contributed by atoms with van der Waals surface area (Å²) in [7, 11) is 3.32. The minimum Gasteiger partial charge on any atom is -0.497 e. The molecule has 3 heteroatoms. The Kier molecular flexibility index (Phi) is 4.94. The summed E-state index contributed by atoms with van der Waals surface area (Å²) < 4.78 is 23.3. The van der Waals surface area contributed by atoms with Gasteiger partial charge in [-0.3, -0.25) is 0 Å². The fraction of sp³-hybridized carbons (Fsp3) is 0.571. The van der Waals surface area contributed by atoms with Crippen LogP contribution in [0.4, 0.5) is 4.39 Å². The third kappa shape index (κ3) is 3.43. The first kappa shape index (κ1) is 14.0. The zero-order chi connectivity index (χ0) is 12.9. The molecule has 0 N–H and O–H groups in total. The van der Waals surface area contributed by atoms with Gasteiger partial charge in [0.1, 0.15) is 12.4 Å². The molecule has 0 saturated heterocycles. The normalized spacial score (nSPS) is 16.9. The topological polar surface area (TPSA) is 18.5 Å². The lowest BCUT2D eigenvalue weighted by Crippen LogP contribution is -2.23. The fourth-order valence-corrected chi connectivity index (χ4v) is 1.98. The van der Waals surface area contributed by atoms with E-state index in [0.717, 1.165) is 16.9 Å². The number of methoxy groups -OCH3 is 2. The van der Waals surface area contributed by atoms with Crippen molar-refractivity contribution in [2.45, 2.75) is 20.3 Å². The van der Waals surface area contributed by atoms with E-state index in [1.54, 1.807) is 14.2 Å². The molecule has 0 unspecified atom stereocenters. The quantitative estimate of drug-likeness (QED) is 0.733. The van der Waals surface area contributed by atoms with Crippen molar-refractivity contribution < 1.29 is 13.9 Å². The van der Waals surface area contributed by atoms with E-state index in [4.69, 9.17) is 9.47 Å². The number of ether oxygens (including phenoxy) is 2. The summed E-state index contributed by atoms with van der Waals surface area (Å²) in [6.45, 7) is 4.35. The lowest BCUT2D eigenvalue weighted by atomic mass is 9.83. The molecule has 0 aliphatic heterocycles. The number of hydrogen-bond acceptors (Lipinski definition) is 2. The Hall–Kier alpha value is -1.09. The highest BCUT2D eigenvalue weighted by Gasteiger charge is 2.27. The van der Waals surface area contributed by atoms with E-state index >= 15 is 0 Å². The Labute approximate surface area is 103 Å². The Balaban J connectivity index is 3.07. The molecule has 0 atom stereocenters. The van der Waals surface area contributed by atoms with E-state index in [2.05, 4.69) is 13.8 Å². The van der Waals surface area contributed by atoms with Gasteiger partial charge in [0.25, 0.3) is 0 Å². The first-order valence-corrected chi connectivity index (χ1v) is 5.74. The fourth-order valence-electron chi connectivity index (χ4n) is 1.98. The molecular weight excluding hydrogens is 219 g/mol. The smallest absolute Gasteiger partial charge is 0.119 e. The van der Waals surface area contributed by atoms with Crippen LogP contribution in [-0.2, 0) is 9.47 Å². The zero-order valence-corrected chi connectivity index (χ0v) is 11.0. The molecule has 0 aromatic rings. The van der Waals surface area contributed by atoms with Crippen molar-refractivity contribution in [3.63, 3.8) is 0 Å². The lowest BCUT2D eigenvalue weighted by molar-refractivity contribution is 0.121. The Morgan fingerprint density at radius 3 is 2.53 bits per heavy atom. The maximum absolute atomic E-state index is 12.7. The Morgan fingerprint density at radius 1 is 1.29 bits per heavy atom. The van der Waals surface area contributed by atoms with Crippen molar-refractivity contribution in [2.24, 2.45) is 5.41 Å². The van der Waals surface area contributed by atoms with Crippen LogP contribution in [0.5, 0.6) is 0 Å². The van der Waals surface area contributed by atoms with Crippen molar-refractivity contribution in [2.75, 3.05) is 27.5 Å². The van der Waals surface area contributed by atoms with E-state index < -0.39 is 6.67 Å². The van der Waals surface area contributed by atoms with Gasteiger partial charge in [-0.2, -0.15) is 0 Å². The average molecular weight is 240 g/mol. The number of allylic oxidation sites excluding steroid dienone is 5. The molecule has 1 aliphatic carbocycles. The third-order valence-electron chi connectivity index (χ3n) is 2.93. The van der Waals surface area contributed by atoms with Gasteiger partial charge < -0.3 is 9.47 Å². The monoisotopic (exact) mass is 240 g/mol. The summed E-state index contributed by atoms with van der Waals surface area (Å²) in [5.41, 5.74) is 1.66. The predicted octanol–water partition coefficient (Wildman–Crippen LogP) is 3.42. The molecule has 0 saturated carbocycles. The minimum atomic E-state index is -0.415. The van der Waals surface area contributed by atoms with Crippen LogP contribution in [0.3, 0.4) is 0 Å². The molecule has 17 heavy (non-hydrogen) atoms. The second-order valence-corrected chi connectivity index (χ2v) is 4.83. The first-order chi connectivity index (χ1) is 8.05. The van der Waals surface area contributed by atoms with Crippen molar-refractivity contribution in [1.82, 2.24) is 0 Å². The van der Waals surface area contributed by atoms with Gasteiger partial charge in [0.05, 0.1) is 13.7 Å². The standard InChI is InChI=1S/C14H21FO2/c1-14(2,10-16-3)12-7-5-11(9-15)6-8-13(12)17-4/h5,7-8H,6,9-10H2,1-4H3. The Bertz CT molecular complexity index is 351. The van der Waals surface area contributed by atoms with Crippen molar-refractivity contribution in [1.29, 1.82) is 0 Å². The predicted molar refractivity (Wildman–Crippen MR) is 67.5 cm³/mol. The summed E-state index contributed by atoms with van der Waals surface area (Å²) in [5, 5.41) is 0. The maximum atomic E-state index is 12.7. The molecule has 0 heterocycles. The van der Waals surface area contributed by atoms with Crippen LogP contribution in [0.1, 0.15) is 20.3 Å². The number of rotatable bonds is 5. The molecule has 0 aromatic heterocycles. The summed E-state index contributed by atoms with van der Waals surface area (Å²) in [5.74, 6) is 0.812. The summed E-state index contributed by atoms with van der Waals surface area (Å²) in [6.07, 6.45) is 6.32. The van der Waals surface area contributed by atoms with E-state index in [0.29, 0.717) is 13.0 Å². The van der Waals surface area contributed by atoms with Crippen molar-refractivity contribution in [3.05, 3.63) is 35.1 Å². The van der Waals surface area contributed by atoms with Crippen LogP contribution in [0, 0.1) is 5.41 Å². The van der Waals surface area contributed by atoms with E-state index in [-0.39, 0.29) is 5.41 Å². The van der Waals surface area contributed by atoms with E-state index in [1.807, 2.05) is 18.2 Å². The molecule has 1 rings (SSSR count). The number of alkyl halides is 1. The van der Waals surface area contributed by atoms with E-state index in [1.165, 1.54) is 0 Å². The van der Waals surface area contributed by atoms with Crippen molar-refractivity contribution >= 4 is 0 Å². The Morgan fingerprint density at radius 2 is 2.00 bits per heavy atom. The summed E-state index contributed by atoms with van der Waals surface area (Å²) in [6, 6.07) is 0. The highest BCUT2D eigenvalue weighted by molar-refractivity contribution is 5.39. The van der Waals surface area contributed by atoms with Crippen LogP contribution < -0.4 is 0 Å². The second kappa shape index (κ2) is 6.01. The maximum Gasteiger partial charge on any atom is 0.119 e. The van der Waals surface area contributed by atoms with E-state index in [9.17, 15) is 4.39 Å². The second-order valence-electron chi connectivity index (χ2n) is 4.83. The largest absolute Gasteiger partial charge is 0.497 e. The summed E-state index contributed by atoms with van der Waals surface area (Å²) in [4.78, 5) is 0. The molecule has 96 valence electrons.